The lowest BCUT2D eigenvalue weighted by molar-refractivity contribution is -0.0828. The fourth-order valence-corrected chi connectivity index (χ4v) is 4.68. The molecule has 11 nitrogen and oxygen atoms in total. The van der Waals surface area contributed by atoms with Crippen LogP contribution < -0.4 is 16.0 Å². The smallest absolute Gasteiger partial charge is 0.468 e. The highest BCUT2D eigenvalue weighted by Crippen LogP contribution is 2.63. The van der Waals surface area contributed by atoms with Gasteiger partial charge in [-0.25, -0.2) is 4.79 Å². The van der Waals surface area contributed by atoms with E-state index in [1.807, 2.05) is 11.9 Å². The zero-order valence-electron chi connectivity index (χ0n) is 17.1. The minimum Gasteiger partial charge on any atom is -0.468 e. The number of nitrogens with one attached hydrogen (secondary N) is 1. The molecule has 2 aliphatic heterocycles. The number of nitrogens with zero attached hydrogens (tertiary/aromatic N) is 1. The minimum absolute atomic E-state index is 0.0300. The van der Waals surface area contributed by atoms with Crippen LogP contribution in [0.3, 0.4) is 0 Å². The molecule has 1 aromatic carbocycles. The molecule has 0 bridgehead atoms. The van der Waals surface area contributed by atoms with E-state index in [0.717, 1.165) is 16.3 Å². The summed E-state index contributed by atoms with van der Waals surface area (Å²) < 4.78 is 47.3. The zero-order chi connectivity index (χ0) is 22.7. The van der Waals surface area contributed by atoms with Gasteiger partial charge in [0.2, 0.25) is 5.82 Å². The van der Waals surface area contributed by atoms with E-state index in [2.05, 4.69) is 0 Å². The number of fused-ring (bicyclic) bond motifs is 1. The third-order valence-corrected chi connectivity index (χ3v) is 6.38. The molecule has 2 fully saturated rings. The van der Waals surface area contributed by atoms with Crippen molar-refractivity contribution < 1.29 is 37.1 Å². The quantitative estimate of drug-likeness (QED) is 0.334. The summed E-state index contributed by atoms with van der Waals surface area (Å²) in [6.45, 7) is 2.58. The first kappa shape index (κ1) is 23.0. The molecule has 4 atom stereocenters. The van der Waals surface area contributed by atoms with Crippen molar-refractivity contribution in [3.05, 3.63) is 62.7 Å². The lowest BCUT2D eigenvalue weighted by Gasteiger charge is -2.26. The lowest BCUT2D eigenvalue weighted by atomic mass is 10.2. The summed E-state index contributed by atoms with van der Waals surface area (Å²) in [4.78, 5) is 35.7. The van der Waals surface area contributed by atoms with Gasteiger partial charge in [-0.3, -0.25) is 14.3 Å². The molecule has 2 aliphatic rings. The van der Waals surface area contributed by atoms with Gasteiger partial charge in [0.05, 0.1) is 6.20 Å². The van der Waals surface area contributed by atoms with E-state index >= 15 is 0 Å². The van der Waals surface area contributed by atoms with Gasteiger partial charge in [0.15, 0.2) is 6.79 Å². The second-order valence-electron chi connectivity index (χ2n) is 7.09. The van der Waals surface area contributed by atoms with Crippen LogP contribution >= 0.6 is 8.17 Å². The Morgan fingerprint density at radius 1 is 1.28 bits per heavy atom. The van der Waals surface area contributed by atoms with E-state index in [0.29, 0.717) is 12.4 Å². The van der Waals surface area contributed by atoms with Gasteiger partial charge in [0.1, 0.15) is 37.4 Å². The normalized spacial score (nSPS) is 27.3. The summed E-state index contributed by atoms with van der Waals surface area (Å²) in [6.07, 6.45) is -1.19. The van der Waals surface area contributed by atoms with Gasteiger partial charge in [-0.05, 0) is 24.6 Å². The third kappa shape index (κ3) is 5.24. The van der Waals surface area contributed by atoms with Crippen LogP contribution in [-0.4, -0.2) is 46.7 Å². The number of aromatic nitrogens is 2. The Bertz CT molecular complexity index is 1050. The topological polar surface area (TPSA) is 130 Å². The Kier molecular flexibility index (Phi) is 7.01. The largest absolute Gasteiger partial charge is 0.573 e. The van der Waals surface area contributed by atoms with E-state index in [1.165, 1.54) is 0 Å². The summed E-state index contributed by atoms with van der Waals surface area (Å²) in [5.41, 5.74) is -1.16. The third-order valence-electron chi connectivity index (χ3n) is 4.92. The van der Waals surface area contributed by atoms with Crippen LogP contribution in [0.2, 0.25) is 0 Å². The number of ether oxygens (including phenoxy) is 3. The van der Waals surface area contributed by atoms with Crippen molar-refractivity contribution in [1.29, 1.82) is 0 Å². The van der Waals surface area contributed by atoms with Crippen molar-refractivity contribution in [2.45, 2.75) is 38.4 Å². The molecule has 2 saturated heterocycles. The molecule has 0 spiro atoms. The standard InChI is InChI=1S/C19H22FN2O9P/c1-2-26-11-27-13-5-3-12(4-6-13)9-28-32(25)29-10-16-15(31-32)7-17(30-16)22-8-14(20)18(23)21-19(22)24/h3-6,8,15-17,25H,2,7,9-11H2,1H3/p+1/t15-,16+,17+,32?/m0/s1. The molecule has 0 saturated carbocycles. The second kappa shape index (κ2) is 9.75. The molecule has 2 N–H and O–H groups in total. The highest BCUT2D eigenvalue weighted by Gasteiger charge is 2.57. The van der Waals surface area contributed by atoms with Gasteiger partial charge in [-0.2, -0.15) is 13.8 Å². The van der Waals surface area contributed by atoms with Gasteiger partial charge in [0.25, 0.3) is 5.56 Å². The molecule has 0 aliphatic carbocycles. The Hall–Kier alpha value is -2.18. The van der Waals surface area contributed by atoms with Crippen molar-refractivity contribution in [2.24, 2.45) is 0 Å². The molecule has 1 aromatic heterocycles. The number of rotatable bonds is 8. The van der Waals surface area contributed by atoms with E-state index in [4.69, 9.17) is 27.8 Å². The maximum Gasteiger partial charge on any atom is 0.573 e. The molecule has 1 unspecified atom stereocenters. The van der Waals surface area contributed by atoms with Crippen LogP contribution in [-0.2, 0) is 29.7 Å². The van der Waals surface area contributed by atoms with Crippen LogP contribution in [0.25, 0.3) is 0 Å². The number of hydrogen-bond donors (Lipinski definition) is 2. The Labute approximate surface area is 182 Å². The number of hydrogen-bond acceptors (Lipinski definition) is 9. The first-order valence-corrected chi connectivity index (χ1v) is 11.4. The molecule has 3 heterocycles. The summed E-state index contributed by atoms with van der Waals surface area (Å²) in [6, 6.07) is 7.03. The van der Waals surface area contributed by atoms with Gasteiger partial charge >= 0.3 is 13.9 Å². The average molecular weight is 473 g/mol. The SMILES string of the molecule is CCOCOc1ccc(CO[P+]2(O)OC[C@H]3O[C@@H](n4cc(F)c(=O)[nH]c4=O)C[C@@H]3O2)cc1. The molecule has 32 heavy (non-hydrogen) atoms. The van der Waals surface area contributed by atoms with Gasteiger partial charge in [-0.15, -0.1) is 9.05 Å². The fourth-order valence-electron chi connectivity index (χ4n) is 3.27. The highest BCUT2D eigenvalue weighted by atomic mass is 31.2. The Morgan fingerprint density at radius 3 is 2.81 bits per heavy atom. The van der Waals surface area contributed by atoms with Crippen LogP contribution in [0.1, 0.15) is 25.1 Å². The molecule has 0 radical (unpaired) electrons. The zero-order valence-corrected chi connectivity index (χ0v) is 18.0. The Balaban J connectivity index is 1.34. The molecular weight excluding hydrogens is 450 g/mol. The van der Waals surface area contributed by atoms with Crippen molar-refractivity contribution in [3.8, 4) is 5.75 Å². The maximum absolute atomic E-state index is 13.6. The van der Waals surface area contributed by atoms with Gasteiger partial charge in [-0.1, -0.05) is 12.1 Å². The van der Waals surface area contributed by atoms with Crippen LogP contribution in [0, 0.1) is 5.82 Å². The lowest BCUT2D eigenvalue weighted by Crippen LogP contribution is -2.35. The molecular formula is C19H23FN2O9P+. The van der Waals surface area contributed by atoms with Crippen LogP contribution in [0.4, 0.5) is 4.39 Å². The van der Waals surface area contributed by atoms with Crippen molar-refractivity contribution in [1.82, 2.24) is 9.55 Å². The predicted molar refractivity (Wildman–Crippen MR) is 108 cm³/mol. The summed E-state index contributed by atoms with van der Waals surface area (Å²) in [5.74, 6) is -0.478. The summed E-state index contributed by atoms with van der Waals surface area (Å²) >= 11 is 0. The number of H-pyrrole nitrogens is 1. The average Bonchev–Trinajstić information content (AvgIpc) is 3.18. The minimum atomic E-state index is -3.63. The van der Waals surface area contributed by atoms with Crippen molar-refractivity contribution in [2.75, 3.05) is 20.0 Å². The maximum atomic E-state index is 13.6. The number of benzene rings is 1. The van der Waals surface area contributed by atoms with E-state index in [9.17, 15) is 18.9 Å². The molecule has 174 valence electrons. The first-order valence-electron chi connectivity index (χ1n) is 9.92. The molecule has 2 aromatic rings. The molecule has 13 heteroatoms. The van der Waals surface area contributed by atoms with Gasteiger partial charge in [0, 0.05) is 13.0 Å². The molecule has 0 amide bonds. The van der Waals surface area contributed by atoms with Crippen LogP contribution in [0.15, 0.2) is 40.1 Å². The monoisotopic (exact) mass is 473 g/mol. The fraction of sp³-hybridized carbons (Fsp3) is 0.474. The summed E-state index contributed by atoms with van der Waals surface area (Å²) in [5, 5.41) is 0. The first-order chi connectivity index (χ1) is 15.4. The number of halogens is 1. The predicted octanol–water partition coefficient (Wildman–Crippen LogP) is 1.64. The van der Waals surface area contributed by atoms with Crippen LogP contribution in [0.5, 0.6) is 5.75 Å². The number of aromatic amines is 1. The van der Waals surface area contributed by atoms with Crippen molar-refractivity contribution in [3.63, 3.8) is 0 Å². The summed E-state index contributed by atoms with van der Waals surface area (Å²) in [7, 11) is -3.63. The molecule has 4 rings (SSSR count). The highest BCUT2D eigenvalue weighted by molar-refractivity contribution is 7.55. The van der Waals surface area contributed by atoms with E-state index in [-0.39, 0.29) is 26.4 Å². The van der Waals surface area contributed by atoms with Gasteiger partial charge < -0.3 is 14.2 Å². The van der Waals surface area contributed by atoms with Crippen molar-refractivity contribution >= 4 is 8.17 Å². The van der Waals surface area contributed by atoms with E-state index < -0.39 is 43.7 Å². The van der Waals surface area contributed by atoms with E-state index in [1.54, 1.807) is 24.3 Å². The second-order valence-corrected chi connectivity index (χ2v) is 8.75. The Morgan fingerprint density at radius 2 is 2.06 bits per heavy atom.